The summed E-state index contributed by atoms with van der Waals surface area (Å²) in [5, 5.41) is 17.6. The number of carboxylic acid groups (broad SMARTS) is 1. The van der Waals surface area contributed by atoms with Gasteiger partial charge in [0, 0.05) is 11.1 Å². The van der Waals surface area contributed by atoms with E-state index in [1.165, 1.54) is 60.0 Å². The molecule has 0 saturated heterocycles. The van der Waals surface area contributed by atoms with Gasteiger partial charge in [0.2, 0.25) is 0 Å². The molecule has 0 fully saturated rings. The average Bonchev–Trinajstić information content (AvgIpc) is 3.57. The van der Waals surface area contributed by atoms with Gasteiger partial charge in [-0.2, -0.15) is 36.5 Å². The van der Waals surface area contributed by atoms with Crippen molar-refractivity contribution in [3.8, 4) is 22.5 Å². The largest absolute Gasteiger partial charge is 0.476 e. The lowest BCUT2D eigenvalue weighted by molar-refractivity contribution is -0.137. The highest BCUT2D eigenvalue weighted by Crippen LogP contribution is 2.39. The van der Waals surface area contributed by atoms with E-state index in [1.807, 2.05) is 0 Å². The van der Waals surface area contributed by atoms with E-state index in [-0.39, 0.29) is 51.9 Å². The number of nitrogens with zero attached hydrogens (tertiary/aromatic N) is 6. The van der Waals surface area contributed by atoms with Crippen LogP contribution < -0.4 is 0 Å². The third-order valence-electron chi connectivity index (χ3n) is 7.12. The van der Waals surface area contributed by atoms with Gasteiger partial charge in [-0.1, -0.05) is 36.4 Å². The average molecular weight is 828 g/mol. The Bertz CT molecular complexity index is 2280. The Hall–Kier alpha value is -4.84. The third-order valence-corrected chi connectivity index (χ3v) is 8.28. The zero-order chi connectivity index (χ0) is 36.7. The number of halogens is 8. The fourth-order valence-electron chi connectivity index (χ4n) is 5.03. The summed E-state index contributed by atoms with van der Waals surface area (Å²) in [6, 6.07) is 12.9. The fourth-order valence-corrected chi connectivity index (χ4v) is 5.98. The summed E-state index contributed by atoms with van der Waals surface area (Å²) in [6.45, 7) is 4.92. The lowest BCUT2D eigenvalue weighted by atomic mass is 10.0. The number of rotatable bonds is 5. The highest BCUT2D eigenvalue weighted by Gasteiger charge is 2.35. The zero-order valence-electron chi connectivity index (χ0n) is 25.9. The SMILES string of the molecule is CCOC(=O)c1c(C)nc2c(Br)cc(-c3ccccc3C(F)(F)F)nn12.Cc1nc2c(Br)cc(-c3ccccc3C(F)(F)F)nn2c1C(=O)O. The number of esters is 1. The van der Waals surface area contributed by atoms with Crippen molar-refractivity contribution in [2.75, 3.05) is 6.61 Å². The maximum Gasteiger partial charge on any atom is 0.417 e. The van der Waals surface area contributed by atoms with E-state index in [0.29, 0.717) is 20.3 Å². The molecule has 6 aromatic rings. The number of hydrogen-bond donors (Lipinski definition) is 1. The molecule has 0 bridgehead atoms. The molecule has 0 radical (unpaired) electrons. The second kappa shape index (κ2) is 13.8. The molecule has 0 amide bonds. The first kappa shape index (κ1) is 36.4. The van der Waals surface area contributed by atoms with Crippen LogP contribution in [0.4, 0.5) is 26.3 Å². The van der Waals surface area contributed by atoms with Gasteiger partial charge in [0.15, 0.2) is 22.7 Å². The molecule has 18 heteroatoms. The van der Waals surface area contributed by atoms with Crippen LogP contribution in [0.25, 0.3) is 33.8 Å². The maximum absolute atomic E-state index is 13.3. The number of aromatic nitrogens is 6. The van der Waals surface area contributed by atoms with Crippen LogP contribution in [0.1, 0.15) is 50.4 Å². The molecule has 4 heterocycles. The van der Waals surface area contributed by atoms with Crippen LogP contribution in [0.3, 0.4) is 0 Å². The number of carbonyl (C=O) groups is 2. The summed E-state index contributed by atoms with van der Waals surface area (Å²) in [5.74, 6) is -1.90. The zero-order valence-corrected chi connectivity index (χ0v) is 29.0. The Labute approximate surface area is 295 Å². The number of carboxylic acids is 1. The number of aryl methyl sites for hydroxylation is 2. The molecule has 0 atom stereocenters. The second-order valence-electron chi connectivity index (χ2n) is 10.4. The smallest absolute Gasteiger partial charge is 0.417 e. The van der Waals surface area contributed by atoms with Gasteiger partial charge in [-0.15, -0.1) is 0 Å². The first-order valence-electron chi connectivity index (χ1n) is 14.3. The van der Waals surface area contributed by atoms with E-state index < -0.39 is 35.4 Å². The molecule has 50 heavy (non-hydrogen) atoms. The molecular formula is C32H22Br2F6N6O4. The standard InChI is InChI=1S/C17H13BrF3N3O2.C15H9BrF3N3O2/c1-3-26-16(25)14-9(2)22-15-12(18)8-13(23-24(14)15)10-6-4-5-7-11(10)17(19,20)21;1-7-12(14(23)24)22-13(20-7)10(16)6-11(21-22)8-4-2-3-5-9(8)15(17,18)19/h4-8H,3H2,1-2H3;2-6H,1H3,(H,23,24). The number of alkyl halides is 6. The normalized spacial score (nSPS) is 11.8. The Morgan fingerprint density at radius 1 is 0.740 bits per heavy atom. The van der Waals surface area contributed by atoms with E-state index in [0.717, 1.165) is 16.6 Å². The van der Waals surface area contributed by atoms with Gasteiger partial charge < -0.3 is 9.84 Å². The molecule has 0 spiro atoms. The van der Waals surface area contributed by atoms with Gasteiger partial charge in [-0.25, -0.2) is 28.6 Å². The van der Waals surface area contributed by atoms with Gasteiger partial charge in [0.05, 0.1) is 49.5 Å². The van der Waals surface area contributed by atoms with Gasteiger partial charge in [-0.05, 0) is 76.9 Å². The number of aromatic carboxylic acids is 1. The summed E-state index contributed by atoms with van der Waals surface area (Å²) in [7, 11) is 0. The monoisotopic (exact) mass is 826 g/mol. The summed E-state index contributed by atoms with van der Waals surface area (Å²) >= 11 is 6.52. The van der Waals surface area contributed by atoms with E-state index >= 15 is 0 Å². The lowest BCUT2D eigenvalue weighted by Crippen LogP contribution is -2.12. The molecule has 6 rings (SSSR count). The van der Waals surface area contributed by atoms with Crippen LogP contribution in [0.15, 0.2) is 69.6 Å². The Kier molecular flexibility index (Phi) is 10.1. The van der Waals surface area contributed by atoms with Gasteiger partial charge >= 0.3 is 24.3 Å². The van der Waals surface area contributed by atoms with Crippen LogP contribution in [-0.2, 0) is 17.1 Å². The van der Waals surface area contributed by atoms with Crippen molar-refractivity contribution in [2.24, 2.45) is 0 Å². The van der Waals surface area contributed by atoms with Crippen LogP contribution >= 0.6 is 31.9 Å². The highest BCUT2D eigenvalue weighted by molar-refractivity contribution is 9.11. The predicted molar refractivity (Wildman–Crippen MR) is 175 cm³/mol. The van der Waals surface area contributed by atoms with Crippen molar-refractivity contribution in [1.29, 1.82) is 0 Å². The third kappa shape index (κ3) is 7.07. The summed E-state index contributed by atoms with van der Waals surface area (Å²) in [4.78, 5) is 31.9. The molecule has 0 aliphatic heterocycles. The van der Waals surface area contributed by atoms with Crippen LogP contribution in [-0.4, -0.2) is 52.8 Å². The number of ether oxygens (including phenoxy) is 1. The molecule has 260 valence electrons. The van der Waals surface area contributed by atoms with Crippen molar-refractivity contribution in [3.05, 3.63) is 104 Å². The lowest BCUT2D eigenvalue weighted by Gasteiger charge is -2.13. The highest BCUT2D eigenvalue weighted by atomic mass is 79.9. The first-order valence-corrected chi connectivity index (χ1v) is 15.9. The molecule has 0 unspecified atom stereocenters. The minimum atomic E-state index is -4.56. The number of hydrogen-bond acceptors (Lipinski definition) is 7. The Morgan fingerprint density at radius 2 is 1.14 bits per heavy atom. The fraction of sp³-hybridized carbons (Fsp3) is 0.188. The number of fused-ring (bicyclic) bond motifs is 2. The molecule has 0 aliphatic rings. The van der Waals surface area contributed by atoms with E-state index in [9.17, 15) is 41.0 Å². The van der Waals surface area contributed by atoms with Crippen molar-refractivity contribution >= 4 is 55.1 Å². The molecule has 2 aromatic carbocycles. The predicted octanol–water partition coefficient (Wildman–Crippen LogP) is 8.85. The van der Waals surface area contributed by atoms with Crippen LogP contribution in [0, 0.1) is 13.8 Å². The quantitative estimate of drug-likeness (QED) is 0.135. The topological polar surface area (TPSA) is 124 Å². The van der Waals surface area contributed by atoms with Crippen molar-refractivity contribution in [1.82, 2.24) is 29.2 Å². The van der Waals surface area contributed by atoms with Crippen molar-refractivity contribution in [3.63, 3.8) is 0 Å². The molecule has 0 aliphatic carbocycles. The van der Waals surface area contributed by atoms with Gasteiger partial charge in [0.25, 0.3) is 0 Å². The van der Waals surface area contributed by atoms with E-state index in [2.05, 4.69) is 52.0 Å². The first-order chi connectivity index (χ1) is 23.4. The van der Waals surface area contributed by atoms with Crippen molar-refractivity contribution < 1.29 is 45.8 Å². The van der Waals surface area contributed by atoms with Crippen molar-refractivity contribution in [2.45, 2.75) is 33.1 Å². The van der Waals surface area contributed by atoms with Gasteiger partial charge in [-0.3, -0.25) is 0 Å². The summed E-state index contributed by atoms with van der Waals surface area (Å²) in [5.41, 5.74) is -0.843. The minimum absolute atomic E-state index is 0.0119. The Balaban J connectivity index is 0.000000195. The summed E-state index contributed by atoms with van der Waals surface area (Å²) in [6.07, 6.45) is -9.09. The Morgan fingerprint density at radius 3 is 1.54 bits per heavy atom. The number of benzene rings is 2. The number of imidazole rings is 2. The second-order valence-corrected chi connectivity index (χ2v) is 12.1. The van der Waals surface area contributed by atoms with Crippen LogP contribution in [0.5, 0.6) is 0 Å². The summed E-state index contributed by atoms with van der Waals surface area (Å²) < 4.78 is 87.6. The van der Waals surface area contributed by atoms with Crippen LogP contribution in [0.2, 0.25) is 0 Å². The minimum Gasteiger partial charge on any atom is -0.476 e. The molecule has 1 N–H and O–H groups in total. The molecule has 10 nitrogen and oxygen atoms in total. The number of carbonyl (C=O) groups excluding carboxylic acids is 1. The van der Waals surface area contributed by atoms with Gasteiger partial charge in [0.1, 0.15) is 0 Å². The van der Waals surface area contributed by atoms with E-state index in [1.54, 1.807) is 13.8 Å². The molecule has 4 aromatic heterocycles. The molecule has 0 saturated carbocycles. The van der Waals surface area contributed by atoms with E-state index in [4.69, 9.17) is 4.74 Å². The maximum atomic E-state index is 13.3. The molecular weight excluding hydrogens is 806 g/mol.